The Balaban J connectivity index is 2.63. The summed E-state index contributed by atoms with van der Waals surface area (Å²) in [5.41, 5.74) is -0.250. The van der Waals surface area contributed by atoms with Crippen LogP contribution >= 0.6 is 15.9 Å². The molecule has 2 aromatic rings. The highest BCUT2D eigenvalue weighted by molar-refractivity contribution is 9.10. The minimum absolute atomic E-state index is 0.0644. The number of hydrogen-bond donors (Lipinski definition) is 3. The largest absolute Gasteiger partial charge is 0.494 e. The molecule has 7 nitrogen and oxygen atoms in total. The van der Waals surface area contributed by atoms with Crippen molar-refractivity contribution in [3.63, 3.8) is 0 Å². The Morgan fingerprint density at radius 2 is 2.08 bits per heavy atom. The average molecular weight is 435 g/mol. The van der Waals surface area contributed by atoms with Gasteiger partial charge >= 0.3 is 10.4 Å². The van der Waals surface area contributed by atoms with Crippen LogP contribution in [0.2, 0.25) is 0 Å². The molecule has 2 rings (SSSR count). The van der Waals surface area contributed by atoms with E-state index in [1.807, 2.05) is 0 Å². The lowest BCUT2D eigenvalue weighted by Crippen LogP contribution is -2.27. The smallest absolute Gasteiger partial charge is 0.310 e. The van der Waals surface area contributed by atoms with Crippen LogP contribution in [0.1, 0.15) is 6.92 Å². The summed E-state index contributed by atoms with van der Waals surface area (Å²) in [6.45, 7) is 1.53. The molecular formula is C15H18BrFN3O4S+. The van der Waals surface area contributed by atoms with Gasteiger partial charge in [-0.2, -0.15) is 9.27 Å². The zero-order valence-electron chi connectivity index (χ0n) is 13.8. The lowest BCUT2D eigenvalue weighted by molar-refractivity contribution is 0.415. The van der Waals surface area contributed by atoms with Crippen molar-refractivity contribution >= 4 is 43.5 Å². The molecule has 0 saturated carbocycles. The van der Waals surface area contributed by atoms with Crippen LogP contribution in [0.4, 0.5) is 21.6 Å². The van der Waals surface area contributed by atoms with Gasteiger partial charge in [0.15, 0.2) is 17.2 Å². The van der Waals surface area contributed by atoms with Gasteiger partial charge in [-0.15, -0.1) is 0 Å². The second kappa shape index (κ2) is 7.54. The van der Waals surface area contributed by atoms with Gasteiger partial charge in [-0.1, -0.05) is 15.9 Å². The third-order valence-electron chi connectivity index (χ3n) is 3.46. The molecule has 1 heterocycles. The second-order valence-corrected chi connectivity index (χ2v) is 8.09. The number of halogens is 2. The molecule has 0 amide bonds. The third kappa shape index (κ3) is 4.39. The number of pyridine rings is 1. The van der Waals surface area contributed by atoms with E-state index in [1.165, 1.54) is 43.8 Å². The van der Waals surface area contributed by atoms with Crippen molar-refractivity contribution in [2.45, 2.75) is 6.92 Å². The van der Waals surface area contributed by atoms with E-state index >= 15 is 0 Å². The van der Waals surface area contributed by atoms with Crippen molar-refractivity contribution in [3.8, 4) is 5.75 Å². The first kappa shape index (κ1) is 19.4. The summed E-state index contributed by atoms with van der Waals surface area (Å²) >= 11 is 3.17. The summed E-state index contributed by atoms with van der Waals surface area (Å²) < 4.78 is 45.5. The molecule has 3 N–H and O–H groups in total. The van der Waals surface area contributed by atoms with Gasteiger partial charge in [0.2, 0.25) is 0 Å². The van der Waals surface area contributed by atoms with Crippen molar-refractivity contribution in [3.05, 3.63) is 44.9 Å². The normalized spacial score (nSPS) is 13.2. The van der Waals surface area contributed by atoms with Crippen LogP contribution < -0.4 is 20.3 Å². The number of benzene rings is 1. The van der Waals surface area contributed by atoms with Gasteiger partial charge in [-0.05, 0) is 29.3 Å². The van der Waals surface area contributed by atoms with Gasteiger partial charge in [0.05, 0.1) is 12.8 Å². The van der Waals surface area contributed by atoms with Crippen molar-refractivity contribution in [1.29, 1.82) is 0 Å². The highest BCUT2D eigenvalue weighted by Crippen LogP contribution is 2.35. The number of rotatable bonds is 6. The Morgan fingerprint density at radius 1 is 1.40 bits per heavy atom. The lowest BCUT2D eigenvalue weighted by atomic mass is 10.3. The maximum absolute atomic E-state index is 14.1. The topological polar surface area (TPSA) is 92.6 Å². The quantitative estimate of drug-likeness (QED) is 0.606. The SMILES string of the molecule is CC[S+](=O)(O)Nc1c(OC)cc(=O)n(C)c1Nc1ccc(Br)cc1F. The summed E-state index contributed by atoms with van der Waals surface area (Å²) in [4.78, 5) is 12.1. The fraction of sp³-hybridized carbons (Fsp3) is 0.267. The number of nitrogens with zero attached hydrogens (tertiary/aromatic N) is 1. The Bertz CT molecular complexity index is 903. The first-order valence-corrected chi connectivity index (χ1v) is 9.68. The minimum Gasteiger partial charge on any atom is -0.494 e. The van der Waals surface area contributed by atoms with Crippen LogP contribution in [0.3, 0.4) is 0 Å². The molecule has 0 radical (unpaired) electrons. The summed E-state index contributed by atoms with van der Waals surface area (Å²) in [5, 5.41) is 2.79. The summed E-state index contributed by atoms with van der Waals surface area (Å²) in [5.74, 6) is -0.458. The predicted octanol–water partition coefficient (Wildman–Crippen LogP) is 3.36. The highest BCUT2D eigenvalue weighted by atomic mass is 79.9. The van der Waals surface area contributed by atoms with Gasteiger partial charge in [-0.25, -0.2) is 4.39 Å². The zero-order chi connectivity index (χ0) is 18.8. The standard InChI is InChI=1S/C15H17BrFN3O4S/c1-4-25(22,23)19-14-12(24-3)8-13(21)20(2)15(14)18-11-6-5-9(16)7-10(11)17/h5-8H,4H2,1-3H3,(H2-,18,19,21,22,23)/p+1. The molecule has 1 unspecified atom stereocenters. The summed E-state index contributed by atoms with van der Waals surface area (Å²) in [7, 11) is -0.619. The van der Waals surface area contributed by atoms with Crippen LogP contribution in [-0.2, 0) is 21.7 Å². The second-order valence-electron chi connectivity index (χ2n) is 5.11. The molecule has 0 aliphatic rings. The molecule has 0 fully saturated rings. The van der Waals surface area contributed by atoms with Gasteiger partial charge in [0, 0.05) is 17.6 Å². The van der Waals surface area contributed by atoms with E-state index in [9.17, 15) is 17.9 Å². The number of hydrogen-bond acceptors (Lipinski definition) is 4. The van der Waals surface area contributed by atoms with Gasteiger partial charge in [0.1, 0.15) is 11.6 Å². The zero-order valence-corrected chi connectivity index (χ0v) is 16.2. The first-order valence-electron chi connectivity index (χ1n) is 7.20. The monoisotopic (exact) mass is 434 g/mol. The third-order valence-corrected chi connectivity index (χ3v) is 5.26. The molecule has 0 spiro atoms. The molecule has 136 valence electrons. The summed E-state index contributed by atoms with van der Waals surface area (Å²) in [6, 6.07) is 5.53. The lowest BCUT2D eigenvalue weighted by Gasteiger charge is -2.18. The van der Waals surface area contributed by atoms with E-state index in [2.05, 4.69) is 26.0 Å². The molecule has 0 bridgehead atoms. The number of aromatic nitrogens is 1. The van der Waals surface area contributed by atoms with Crippen molar-refractivity contribution in [1.82, 2.24) is 4.57 Å². The van der Waals surface area contributed by atoms with Crippen molar-refractivity contribution in [2.75, 3.05) is 22.9 Å². The molecule has 1 aromatic carbocycles. The molecule has 25 heavy (non-hydrogen) atoms. The summed E-state index contributed by atoms with van der Waals surface area (Å²) in [6.07, 6.45) is 0. The number of anilines is 3. The number of nitrogens with one attached hydrogen (secondary N) is 2. The molecule has 0 saturated heterocycles. The van der Waals surface area contributed by atoms with Crippen molar-refractivity contribution in [2.24, 2.45) is 7.05 Å². The van der Waals surface area contributed by atoms with E-state index in [4.69, 9.17) is 4.74 Å². The molecular weight excluding hydrogens is 417 g/mol. The van der Waals surface area contributed by atoms with Crippen LogP contribution in [-0.4, -0.2) is 22.0 Å². The Kier molecular flexibility index (Phi) is 5.86. The van der Waals surface area contributed by atoms with E-state index < -0.39 is 21.8 Å². The molecule has 0 aliphatic carbocycles. The average Bonchev–Trinajstić information content (AvgIpc) is 2.55. The fourth-order valence-electron chi connectivity index (χ4n) is 2.03. The van der Waals surface area contributed by atoms with Crippen LogP contribution in [0.25, 0.3) is 0 Å². The van der Waals surface area contributed by atoms with Crippen molar-refractivity contribution < 1.29 is 17.9 Å². The highest BCUT2D eigenvalue weighted by Gasteiger charge is 2.28. The fourth-order valence-corrected chi connectivity index (χ4v) is 3.03. The van der Waals surface area contributed by atoms with Gasteiger partial charge in [-0.3, -0.25) is 9.36 Å². The Morgan fingerprint density at radius 3 is 2.64 bits per heavy atom. The maximum atomic E-state index is 14.1. The van der Waals surface area contributed by atoms with E-state index in [-0.39, 0.29) is 28.7 Å². The first-order chi connectivity index (χ1) is 11.7. The van der Waals surface area contributed by atoms with Crippen LogP contribution in [0.5, 0.6) is 5.75 Å². The predicted molar refractivity (Wildman–Crippen MR) is 100 cm³/mol. The maximum Gasteiger partial charge on any atom is 0.310 e. The van der Waals surface area contributed by atoms with Gasteiger partial charge < -0.3 is 10.1 Å². The van der Waals surface area contributed by atoms with Crippen LogP contribution in [0.15, 0.2) is 33.5 Å². The number of methoxy groups -OCH3 is 1. The minimum atomic E-state index is -3.40. The Labute approximate surface area is 153 Å². The molecule has 1 aromatic heterocycles. The van der Waals surface area contributed by atoms with E-state index in [1.54, 1.807) is 6.07 Å². The number of ether oxygens (including phenoxy) is 1. The molecule has 10 heteroatoms. The van der Waals surface area contributed by atoms with E-state index in [0.29, 0.717) is 4.47 Å². The van der Waals surface area contributed by atoms with Gasteiger partial charge in [0.25, 0.3) is 5.56 Å². The molecule has 0 aliphatic heterocycles. The molecule has 1 atom stereocenters. The van der Waals surface area contributed by atoms with E-state index in [0.717, 1.165) is 0 Å². The van der Waals surface area contributed by atoms with Crippen LogP contribution in [0, 0.1) is 5.82 Å². The Hall–Kier alpha value is -1.91.